The van der Waals surface area contributed by atoms with Crippen molar-refractivity contribution < 1.29 is 4.79 Å². The molecule has 1 unspecified atom stereocenters. The molecule has 0 bridgehead atoms. The van der Waals surface area contributed by atoms with Gasteiger partial charge in [0.15, 0.2) is 0 Å². The third-order valence-electron chi connectivity index (χ3n) is 4.65. The third kappa shape index (κ3) is 5.16. The lowest BCUT2D eigenvalue weighted by Crippen LogP contribution is -2.38. The van der Waals surface area contributed by atoms with Crippen LogP contribution in [-0.2, 0) is 4.79 Å². The molecule has 0 aliphatic heterocycles. The van der Waals surface area contributed by atoms with E-state index in [1.54, 1.807) is 0 Å². The van der Waals surface area contributed by atoms with Crippen molar-refractivity contribution in [2.75, 3.05) is 20.1 Å². The predicted molar refractivity (Wildman–Crippen MR) is 87.1 cm³/mol. The van der Waals surface area contributed by atoms with E-state index < -0.39 is 0 Å². The average molecular weight is 288 g/mol. The van der Waals surface area contributed by atoms with E-state index in [-0.39, 0.29) is 11.9 Å². The van der Waals surface area contributed by atoms with Gasteiger partial charge in [0.25, 0.3) is 0 Å². The van der Waals surface area contributed by atoms with Crippen LogP contribution in [0.5, 0.6) is 0 Å². The van der Waals surface area contributed by atoms with Crippen LogP contribution in [0.25, 0.3) is 0 Å². The number of amides is 1. The van der Waals surface area contributed by atoms with Crippen LogP contribution in [0.4, 0.5) is 0 Å². The molecule has 1 atom stereocenters. The lowest BCUT2D eigenvalue weighted by molar-refractivity contribution is -0.122. The van der Waals surface area contributed by atoms with Crippen LogP contribution < -0.4 is 5.32 Å². The molecule has 1 fully saturated rings. The molecule has 0 saturated heterocycles. The highest BCUT2D eigenvalue weighted by Crippen LogP contribution is 2.22. The van der Waals surface area contributed by atoms with Gasteiger partial charge < -0.3 is 5.32 Å². The first-order chi connectivity index (χ1) is 10.2. The fourth-order valence-electron chi connectivity index (χ4n) is 3.05. The Hall–Kier alpha value is -1.35. The summed E-state index contributed by atoms with van der Waals surface area (Å²) in [5, 5.41) is 3.11. The van der Waals surface area contributed by atoms with Gasteiger partial charge in [0.05, 0.1) is 6.54 Å². The molecular formula is C18H28N2O. The Labute approximate surface area is 128 Å². The van der Waals surface area contributed by atoms with Crippen LogP contribution in [0.3, 0.4) is 0 Å². The molecule has 1 amide bonds. The Balaban J connectivity index is 1.73. The second-order valence-corrected chi connectivity index (χ2v) is 6.31. The maximum atomic E-state index is 12.1. The number of nitrogens with one attached hydrogen (secondary N) is 1. The van der Waals surface area contributed by atoms with Crippen molar-refractivity contribution in [3.8, 4) is 0 Å². The van der Waals surface area contributed by atoms with Crippen LogP contribution in [0.2, 0.25) is 0 Å². The molecule has 0 radical (unpaired) electrons. The van der Waals surface area contributed by atoms with E-state index in [1.165, 1.54) is 37.7 Å². The van der Waals surface area contributed by atoms with Crippen molar-refractivity contribution in [3.63, 3.8) is 0 Å². The summed E-state index contributed by atoms with van der Waals surface area (Å²) in [6.07, 6.45) is 6.56. The average Bonchev–Trinajstić information content (AvgIpc) is 2.54. The molecule has 0 aromatic heterocycles. The van der Waals surface area contributed by atoms with Crippen molar-refractivity contribution in [2.45, 2.75) is 45.1 Å². The summed E-state index contributed by atoms with van der Waals surface area (Å²) in [6.45, 7) is 3.46. The standard InChI is InChI=1S/C18H28N2O/c1-15(17-11-7-4-8-12-17)20(2)14-18(21)19-13-16-9-5-3-6-10-16/h4,7-8,11-12,15-16H,3,5-6,9-10,13-14H2,1-2H3,(H,19,21). The molecule has 21 heavy (non-hydrogen) atoms. The minimum atomic E-state index is 0.144. The minimum Gasteiger partial charge on any atom is -0.355 e. The van der Waals surface area contributed by atoms with Gasteiger partial charge in [-0.1, -0.05) is 49.6 Å². The second kappa shape index (κ2) is 8.18. The Kier molecular flexibility index (Phi) is 6.24. The minimum absolute atomic E-state index is 0.144. The Morgan fingerprint density at radius 1 is 1.24 bits per heavy atom. The zero-order valence-electron chi connectivity index (χ0n) is 13.3. The van der Waals surface area contributed by atoms with E-state index >= 15 is 0 Å². The smallest absolute Gasteiger partial charge is 0.234 e. The fraction of sp³-hybridized carbons (Fsp3) is 0.611. The topological polar surface area (TPSA) is 32.3 Å². The number of rotatable bonds is 6. The summed E-state index contributed by atoms with van der Waals surface area (Å²) < 4.78 is 0. The van der Waals surface area contributed by atoms with Gasteiger partial charge in [0.1, 0.15) is 0 Å². The molecule has 1 aliphatic carbocycles. The van der Waals surface area contributed by atoms with Crippen LogP contribution in [-0.4, -0.2) is 30.9 Å². The van der Waals surface area contributed by atoms with Crippen LogP contribution in [0.15, 0.2) is 30.3 Å². The number of carbonyl (C=O) groups is 1. The number of hydrogen-bond donors (Lipinski definition) is 1. The lowest BCUT2D eigenvalue weighted by atomic mass is 9.89. The van der Waals surface area contributed by atoms with Gasteiger partial charge in [-0.25, -0.2) is 0 Å². The van der Waals surface area contributed by atoms with Gasteiger partial charge in [0.2, 0.25) is 5.91 Å². The molecule has 1 aromatic carbocycles. The Bertz CT molecular complexity index is 426. The molecule has 0 heterocycles. The fourth-order valence-corrected chi connectivity index (χ4v) is 3.05. The summed E-state index contributed by atoms with van der Waals surface area (Å²) in [4.78, 5) is 14.2. The van der Waals surface area contributed by atoms with Gasteiger partial charge in [0, 0.05) is 12.6 Å². The van der Waals surface area contributed by atoms with Crippen molar-refractivity contribution in [2.24, 2.45) is 5.92 Å². The number of benzene rings is 1. The summed E-state index contributed by atoms with van der Waals surface area (Å²) in [6, 6.07) is 10.6. The highest BCUT2D eigenvalue weighted by molar-refractivity contribution is 5.78. The monoisotopic (exact) mass is 288 g/mol. The van der Waals surface area contributed by atoms with E-state index in [9.17, 15) is 4.79 Å². The summed E-state index contributed by atoms with van der Waals surface area (Å²) >= 11 is 0. The molecule has 3 heteroatoms. The SMILES string of the molecule is CC(c1ccccc1)N(C)CC(=O)NCC1CCCCC1. The van der Waals surface area contributed by atoms with Gasteiger partial charge in [-0.15, -0.1) is 0 Å². The molecule has 116 valence electrons. The first-order valence-corrected chi connectivity index (χ1v) is 8.18. The van der Waals surface area contributed by atoms with E-state index in [1.807, 2.05) is 25.2 Å². The van der Waals surface area contributed by atoms with Gasteiger partial charge in [-0.05, 0) is 38.3 Å². The van der Waals surface area contributed by atoms with Crippen LogP contribution in [0, 0.1) is 5.92 Å². The number of carbonyl (C=O) groups excluding carboxylic acids is 1. The van der Waals surface area contributed by atoms with E-state index in [2.05, 4.69) is 29.3 Å². The quantitative estimate of drug-likeness (QED) is 0.870. The normalized spacial score (nSPS) is 17.7. The van der Waals surface area contributed by atoms with Crippen molar-refractivity contribution >= 4 is 5.91 Å². The Morgan fingerprint density at radius 3 is 2.57 bits per heavy atom. The number of likely N-dealkylation sites (N-methyl/N-ethyl adjacent to an activating group) is 1. The number of hydrogen-bond acceptors (Lipinski definition) is 2. The van der Waals surface area contributed by atoms with Crippen LogP contribution >= 0.6 is 0 Å². The first kappa shape index (κ1) is 16.0. The third-order valence-corrected chi connectivity index (χ3v) is 4.65. The van der Waals surface area contributed by atoms with E-state index in [0.29, 0.717) is 12.5 Å². The van der Waals surface area contributed by atoms with Gasteiger partial charge in [-0.2, -0.15) is 0 Å². The highest BCUT2D eigenvalue weighted by Gasteiger charge is 2.17. The Morgan fingerprint density at radius 2 is 1.90 bits per heavy atom. The van der Waals surface area contributed by atoms with Gasteiger partial charge >= 0.3 is 0 Å². The second-order valence-electron chi connectivity index (χ2n) is 6.31. The van der Waals surface area contributed by atoms with E-state index in [4.69, 9.17) is 0 Å². The molecule has 2 rings (SSSR count). The summed E-state index contributed by atoms with van der Waals surface area (Å²) in [5.74, 6) is 0.838. The molecular weight excluding hydrogens is 260 g/mol. The van der Waals surface area contributed by atoms with Crippen LogP contribution in [0.1, 0.15) is 50.6 Å². The highest BCUT2D eigenvalue weighted by atomic mass is 16.2. The largest absolute Gasteiger partial charge is 0.355 e. The van der Waals surface area contributed by atoms with Crippen molar-refractivity contribution in [1.29, 1.82) is 0 Å². The zero-order valence-corrected chi connectivity index (χ0v) is 13.3. The predicted octanol–water partition coefficient (Wildman–Crippen LogP) is 3.38. The molecule has 0 spiro atoms. The maximum absolute atomic E-state index is 12.1. The van der Waals surface area contributed by atoms with Gasteiger partial charge in [-0.3, -0.25) is 9.69 Å². The first-order valence-electron chi connectivity index (χ1n) is 8.18. The number of nitrogens with zero attached hydrogens (tertiary/aromatic N) is 1. The summed E-state index contributed by atoms with van der Waals surface area (Å²) in [5.41, 5.74) is 1.25. The molecule has 1 saturated carbocycles. The maximum Gasteiger partial charge on any atom is 0.234 e. The van der Waals surface area contributed by atoms with E-state index in [0.717, 1.165) is 6.54 Å². The lowest BCUT2D eigenvalue weighted by Gasteiger charge is -2.26. The van der Waals surface area contributed by atoms with Crippen molar-refractivity contribution in [1.82, 2.24) is 10.2 Å². The molecule has 3 nitrogen and oxygen atoms in total. The summed E-state index contributed by atoms with van der Waals surface area (Å²) in [7, 11) is 2.01. The molecule has 1 aliphatic rings. The molecule has 1 N–H and O–H groups in total. The zero-order chi connectivity index (χ0) is 15.1. The molecule has 1 aromatic rings. The van der Waals surface area contributed by atoms with Crippen molar-refractivity contribution in [3.05, 3.63) is 35.9 Å².